The fourth-order valence-electron chi connectivity index (χ4n) is 4.79. The van der Waals surface area contributed by atoms with E-state index >= 15 is 0 Å². The first-order chi connectivity index (χ1) is 12.5. The van der Waals surface area contributed by atoms with E-state index in [1.807, 2.05) is 10.6 Å². The molecule has 1 aromatic carbocycles. The molecule has 26 heavy (non-hydrogen) atoms. The molecule has 0 saturated carbocycles. The summed E-state index contributed by atoms with van der Waals surface area (Å²) in [6.45, 7) is 4.26. The van der Waals surface area contributed by atoms with Crippen LogP contribution in [0.1, 0.15) is 66.9 Å². The number of hydrogen-bond donors (Lipinski definition) is 1. The zero-order chi connectivity index (χ0) is 18.2. The lowest BCUT2D eigenvalue weighted by atomic mass is 9.94. The van der Waals surface area contributed by atoms with Crippen LogP contribution in [0.2, 0.25) is 0 Å². The fraction of sp³-hybridized carbons (Fsp3) is 0.450. The van der Waals surface area contributed by atoms with Gasteiger partial charge in [0.1, 0.15) is 11.4 Å². The zero-order valence-corrected chi connectivity index (χ0v) is 15.0. The molecule has 2 aliphatic rings. The van der Waals surface area contributed by atoms with Crippen molar-refractivity contribution in [1.29, 1.82) is 0 Å². The molecular weight excluding hydrogens is 330 g/mol. The number of aromatic nitrogens is 3. The third kappa shape index (κ3) is 1.90. The number of aromatic carboxylic acids is 1. The summed E-state index contributed by atoms with van der Waals surface area (Å²) in [5.74, 6) is -0.0786. The summed E-state index contributed by atoms with van der Waals surface area (Å²) in [4.78, 5) is 29.5. The molecule has 0 saturated heterocycles. The van der Waals surface area contributed by atoms with Gasteiger partial charge in [-0.3, -0.25) is 4.79 Å². The van der Waals surface area contributed by atoms with Crippen molar-refractivity contribution in [2.24, 2.45) is 0 Å². The van der Waals surface area contributed by atoms with E-state index in [2.05, 4.69) is 18.4 Å². The van der Waals surface area contributed by atoms with E-state index in [1.54, 1.807) is 0 Å². The van der Waals surface area contributed by atoms with Gasteiger partial charge in [-0.2, -0.15) is 0 Å². The van der Waals surface area contributed by atoms with E-state index in [1.165, 1.54) is 6.20 Å². The zero-order valence-electron chi connectivity index (χ0n) is 15.0. The maximum absolute atomic E-state index is 12.9. The first-order valence-corrected chi connectivity index (χ1v) is 9.32. The van der Waals surface area contributed by atoms with Crippen LogP contribution in [-0.4, -0.2) is 25.2 Å². The minimum absolute atomic E-state index is 0.150. The lowest BCUT2D eigenvalue weighted by Gasteiger charge is -2.27. The Morgan fingerprint density at radius 1 is 1.23 bits per heavy atom. The smallest absolute Gasteiger partial charge is 0.341 e. The maximum Gasteiger partial charge on any atom is 0.341 e. The number of rotatable bonds is 1. The Hall–Kier alpha value is -2.63. The van der Waals surface area contributed by atoms with Crippen LogP contribution in [0.5, 0.6) is 0 Å². The van der Waals surface area contributed by atoms with Gasteiger partial charge in [-0.05, 0) is 45.6 Å². The molecule has 3 aromatic rings. The topological polar surface area (TPSA) is 77.1 Å². The second-order valence-corrected chi connectivity index (χ2v) is 7.73. The Morgan fingerprint density at radius 3 is 2.81 bits per heavy atom. The molecule has 0 spiro atoms. The quantitative estimate of drug-likeness (QED) is 0.728. The number of imidazole rings is 1. The molecule has 4 heterocycles. The number of nitrogens with zero attached hydrogens (tertiary/aromatic N) is 3. The van der Waals surface area contributed by atoms with Crippen LogP contribution in [0, 0.1) is 0 Å². The minimum Gasteiger partial charge on any atom is -0.477 e. The van der Waals surface area contributed by atoms with Gasteiger partial charge in [-0.25, -0.2) is 9.78 Å². The molecule has 0 fully saturated rings. The molecule has 2 aliphatic heterocycles. The van der Waals surface area contributed by atoms with E-state index in [-0.39, 0.29) is 17.0 Å². The third-order valence-corrected chi connectivity index (χ3v) is 6.13. The van der Waals surface area contributed by atoms with Crippen LogP contribution in [0.15, 0.2) is 17.1 Å². The fourth-order valence-corrected chi connectivity index (χ4v) is 4.79. The molecule has 6 nitrogen and oxygen atoms in total. The van der Waals surface area contributed by atoms with Gasteiger partial charge in [-0.15, -0.1) is 0 Å². The van der Waals surface area contributed by atoms with E-state index in [4.69, 9.17) is 4.98 Å². The van der Waals surface area contributed by atoms with Gasteiger partial charge in [0.2, 0.25) is 5.43 Å². The predicted octanol–water partition coefficient (Wildman–Crippen LogP) is 3.45. The van der Waals surface area contributed by atoms with E-state index in [0.29, 0.717) is 11.4 Å². The van der Waals surface area contributed by atoms with Gasteiger partial charge in [0.05, 0.1) is 16.6 Å². The number of carbonyl (C=O) groups is 1. The SMILES string of the molecule is CC1CCc2c3nc4n(c3cc3c(=O)c(C(=O)O)cn1c23)C(C)CCC4. The van der Waals surface area contributed by atoms with Crippen LogP contribution in [0.4, 0.5) is 0 Å². The van der Waals surface area contributed by atoms with Crippen LogP contribution in [-0.2, 0) is 12.8 Å². The number of carboxylic acid groups (broad SMARTS) is 1. The highest BCUT2D eigenvalue weighted by Crippen LogP contribution is 2.38. The summed E-state index contributed by atoms with van der Waals surface area (Å²) in [6, 6.07) is 2.40. The minimum atomic E-state index is -1.16. The van der Waals surface area contributed by atoms with Gasteiger partial charge >= 0.3 is 5.97 Å². The summed E-state index contributed by atoms with van der Waals surface area (Å²) in [7, 11) is 0. The molecule has 134 valence electrons. The van der Waals surface area contributed by atoms with Crippen LogP contribution >= 0.6 is 0 Å². The van der Waals surface area contributed by atoms with Gasteiger partial charge < -0.3 is 14.2 Å². The second kappa shape index (κ2) is 5.19. The van der Waals surface area contributed by atoms with Crippen molar-refractivity contribution in [3.8, 4) is 0 Å². The molecule has 2 unspecified atom stereocenters. The van der Waals surface area contributed by atoms with Gasteiger partial charge in [0.15, 0.2) is 0 Å². The Bertz CT molecular complexity index is 1160. The second-order valence-electron chi connectivity index (χ2n) is 7.73. The first-order valence-electron chi connectivity index (χ1n) is 9.32. The van der Waals surface area contributed by atoms with Crippen LogP contribution < -0.4 is 5.43 Å². The molecule has 2 aromatic heterocycles. The van der Waals surface area contributed by atoms with Crippen molar-refractivity contribution in [1.82, 2.24) is 14.1 Å². The molecule has 0 bridgehead atoms. The van der Waals surface area contributed by atoms with Crippen molar-refractivity contribution in [2.75, 3.05) is 0 Å². The van der Waals surface area contributed by atoms with Crippen molar-refractivity contribution in [3.05, 3.63) is 39.4 Å². The molecule has 1 N–H and O–H groups in total. The Morgan fingerprint density at radius 2 is 2.04 bits per heavy atom. The molecule has 0 amide bonds. The molecule has 5 rings (SSSR count). The number of pyridine rings is 1. The predicted molar refractivity (Wildman–Crippen MR) is 99.1 cm³/mol. The molecular formula is C20H21N3O3. The normalized spacial score (nSPS) is 21.9. The first kappa shape index (κ1) is 15.6. The van der Waals surface area contributed by atoms with E-state index in [0.717, 1.165) is 60.0 Å². The van der Waals surface area contributed by atoms with Gasteiger partial charge in [0, 0.05) is 35.7 Å². The Balaban J connectivity index is 2.00. The van der Waals surface area contributed by atoms with E-state index < -0.39 is 5.97 Å². The van der Waals surface area contributed by atoms with Gasteiger partial charge in [0.25, 0.3) is 0 Å². The molecule has 0 radical (unpaired) electrons. The van der Waals surface area contributed by atoms with Crippen molar-refractivity contribution >= 4 is 27.9 Å². The number of benzene rings is 1. The van der Waals surface area contributed by atoms with Crippen LogP contribution in [0.25, 0.3) is 21.9 Å². The maximum atomic E-state index is 12.9. The Labute approximate surface area is 150 Å². The lowest BCUT2D eigenvalue weighted by Crippen LogP contribution is -2.24. The highest BCUT2D eigenvalue weighted by molar-refractivity contribution is 6.01. The number of fused-ring (bicyclic) bond motifs is 4. The van der Waals surface area contributed by atoms with Crippen molar-refractivity contribution in [3.63, 3.8) is 0 Å². The van der Waals surface area contributed by atoms with Crippen molar-refractivity contribution in [2.45, 2.75) is 58.0 Å². The average molecular weight is 351 g/mol. The monoisotopic (exact) mass is 351 g/mol. The van der Waals surface area contributed by atoms with Gasteiger partial charge in [-0.1, -0.05) is 0 Å². The lowest BCUT2D eigenvalue weighted by molar-refractivity contribution is 0.0694. The molecule has 6 heteroatoms. The average Bonchev–Trinajstić information content (AvgIpc) is 2.98. The summed E-state index contributed by atoms with van der Waals surface area (Å²) in [5.41, 5.74) is 3.40. The van der Waals surface area contributed by atoms with E-state index in [9.17, 15) is 14.7 Å². The van der Waals surface area contributed by atoms with Crippen LogP contribution in [0.3, 0.4) is 0 Å². The summed E-state index contributed by atoms with van der Waals surface area (Å²) < 4.78 is 4.23. The van der Waals surface area contributed by atoms with Crippen molar-refractivity contribution < 1.29 is 9.90 Å². The third-order valence-electron chi connectivity index (χ3n) is 6.13. The Kier molecular flexibility index (Phi) is 3.12. The number of hydrogen-bond acceptors (Lipinski definition) is 3. The highest BCUT2D eigenvalue weighted by atomic mass is 16.4. The molecule has 0 aliphatic carbocycles. The molecule has 2 atom stereocenters. The summed E-state index contributed by atoms with van der Waals surface area (Å²) >= 11 is 0. The standard InChI is InChI=1S/C20H21N3O3/c1-10-6-7-12-17-15(23-11(2)4-3-5-16(23)21-17)8-13-18(12)22(10)9-14(19(13)24)20(25)26/h8-11H,3-7H2,1-2H3,(H,25,26). The number of aryl methyl sites for hydroxylation is 2. The summed E-state index contributed by atoms with van der Waals surface area (Å²) in [6.07, 6.45) is 6.49. The largest absolute Gasteiger partial charge is 0.477 e. The highest BCUT2D eigenvalue weighted by Gasteiger charge is 2.28. The number of carboxylic acids is 1. The summed E-state index contributed by atoms with van der Waals surface area (Å²) in [5, 5.41) is 10.0.